The van der Waals surface area contributed by atoms with Crippen LogP contribution < -0.4 is 4.74 Å². The van der Waals surface area contributed by atoms with E-state index in [1.54, 1.807) is 13.1 Å². The van der Waals surface area contributed by atoms with Crippen molar-refractivity contribution in [1.82, 2.24) is 14.5 Å². The van der Waals surface area contributed by atoms with Crippen molar-refractivity contribution in [1.29, 1.82) is 0 Å². The van der Waals surface area contributed by atoms with Crippen LogP contribution in [0.2, 0.25) is 0 Å². The Kier molecular flexibility index (Phi) is 10.2. The van der Waals surface area contributed by atoms with E-state index in [-0.39, 0.29) is 11.9 Å². The fourth-order valence-corrected chi connectivity index (χ4v) is 3.93. The van der Waals surface area contributed by atoms with Crippen LogP contribution >= 0.6 is 0 Å². The lowest BCUT2D eigenvalue weighted by molar-refractivity contribution is 0.101. The lowest BCUT2D eigenvalue weighted by Crippen LogP contribution is -2.33. The number of pyridine rings is 1. The Morgan fingerprint density at radius 1 is 1.24 bits per heavy atom. The fourth-order valence-electron chi connectivity index (χ4n) is 3.93. The molecule has 178 valence electrons. The number of aryl methyl sites for hydroxylation is 2. The molecule has 0 aliphatic rings. The topological polar surface area (TPSA) is 47.4 Å². The number of carbonyl (C=O) groups excluding carboxylic acids is 1. The highest BCUT2D eigenvalue weighted by molar-refractivity contribution is 6.06. The average molecular weight is 450 g/mol. The monoisotopic (exact) mass is 449 g/mol. The minimum atomic E-state index is 0.0820. The number of ketones is 1. The molecule has 0 fully saturated rings. The van der Waals surface area contributed by atoms with Gasteiger partial charge in [-0.15, -0.1) is 0 Å². The number of aromatic nitrogens is 2. The van der Waals surface area contributed by atoms with E-state index in [0.29, 0.717) is 6.04 Å². The summed E-state index contributed by atoms with van der Waals surface area (Å²) in [6.45, 7) is 15.3. The Labute approximate surface area is 199 Å². The minimum Gasteiger partial charge on any atom is -0.490 e. The summed E-state index contributed by atoms with van der Waals surface area (Å²) in [5, 5.41) is 0.928. The molecule has 5 nitrogen and oxygen atoms in total. The Hall–Kier alpha value is -3.08. The maximum atomic E-state index is 11.2. The van der Waals surface area contributed by atoms with Gasteiger partial charge in [0.05, 0.1) is 0 Å². The van der Waals surface area contributed by atoms with Gasteiger partial charge >= 0.3 is 0 Å². The van der Waals surface area contributed by atoms with E-state index in [2.05, 4.69) is 56.3 Å². The smallest absolute Gasteiger partial charge is 0.162 e. The third-order valence-corrected chi connectivity index (χ3v) is 5.84. The Morgan fingerprint density at radius 2 is 1.97 bits per heavy atom. The molecule has 5 heteroatoms. The number of para-hydroxylation sites is 1. The number of benzene rings is 1. The number of rotatable bonds is 10. The summed E-state index contributed by atoms with van der Waals surface area (Å²) in [6, 6.07) is 12.5. The van der Waals surface area contributed by atoms with E-state index in [4.69, 9.17) is 4.74 Å². The van der Waals surface area contributed by atoms with Gasteiger partial charge in [0.25, 0.3) is 0 Å². The predicted molar refractivity (Wildman–Crippen MR) is 138 cm³/mol. The summed E-state index contributed by atoms with van der Waals surface area (Å²) in [5.41, 5.74) is 2.80. The van der Waals surface area contributed by atoms with Gasteiger partial charge in [0.2, 0.25) is 0 Å². The molecule has 0 saturated carbocycles. The molecule has 0 amide bonds. The zero-order valence-electron chi connectivity index (χ0n) is 21.0. The normalized spacial score (nSPS) is 12.4. The van der Waals surface area contributed by atoms with E-state index in [1.165, 1.54) is 5.56 Å². The molecule has 1 aromatic carbocycles. The highest BCUT2D eigenvalue weighted by Gasteiger charge is 2.17. The molecular formula is C28H39N3O2. The number of nitrogens with zero attached hydrogens (tertiary/aromatic N) is 3. The first kappa shape index (κ1) is 26.2. The number of carbonyl (C=O) groups is 1. The molecule has 2 unspecified atom stereocenters. The molecule has 0 spiro atoms. The molecule has 2 heterocycles. The number of fused-ring (bicyclic) bond motifs is 1. The minimum absolute atomic E-state index is 0.0820. The van der Waals surface area contributed by atoms with E-state index in [0.717, 1.165) is 48.2 Å². The van der Waals surface area contributed by atoms with E-state index < -0.39 is 0 Å². The Morgan fingerprint density at radius 3 is 2.58 bits per heavy atom. The Bertz CT molecular complexity index is 1040. The van der Waals surface area contributed by atoms with E-state index >= 15 is 0 Å². The van der Waals surface area contributed by atoms with Crippen LogP contribution in [0.1, 0.15) is 62.9 Å². The first-order valence-electron chi connectivity index (χ1n) is 11.8. The molecule has 0 bridgehead atoms. The van der Waals surface area contributed by atoms with Crippen LogP contribution in [0, 0.1) is 6.92 Å². The third-order valence-electron chi connectivity index (χ3n) is 5.84. The van der Waals surface area contributed by atoms with Crippen LogP contribution in [0.3, 0.4) is 0 Å². The quantitative estimate of drug-likeness (QED) is 0.329. The van der Waals surface area contributed by atoms with Crippen molar-refractivity contribution >= 4 is 16.8 Å². The van der Waals surface area contributed by atoms with Gasteiger partial charge in [-0.2, -0.15) is 0 Å². The van der Waals surface area contributed by atoms with Gasteiger partial charge in [0.15, 0.2) is 5.78 Å². The largest absolute Gasteiger partial charge is 0.490 e. The molecule has 2 atom stereocenters. The second kappa shape index (κ2) is 12.8. The van der Waals surface area contributed by atoms with Crippen molar-refractivity contribution in [2.45, 2.75) is 66.0 Å². The van der Waals surface area contributed by atoms with Crippen molar-refractivity contribution in [2.75, 3.05) is 6.54 Å². The van der Waals surface area contributed by atoms with Gasteiger partial charge in [0.1, 0.15) is 17.5 Å². The fraction of sp³-hybridized carbons (Fsp3) is 0.429. The number of hydrogen-bond acceptors (Lipinski definition) is 4. The molecule has 3 aromatic rings. The van der Waals surface area contributed by atoms with Crippen LogP contribution in [0.4, 0.5) is 0 Å². The third kappa shape index (κ3) is 7.21. The molecule has 0 aliphatic heterocycles. The standard InChI is InChI=1S/C18H29NO.C10H10N2O/c1-6-13-19(8-3)16(5)14-17(7-2)20-18-12-10-9-11-15(18)4;1-7(13)9-6-12(2)10-8(9)4-3-5-11-10/h8-12,16-17H,3,6-7,13-14H2,1-2,4-5H3;3-6H,1-2H3. The van der Waals surface area contributed by atoms with E-state index in [9.17, 15) is 4.79 Å². The molecule has 3 rings (SSSR count). The molecule has 0 saturated heterocycles. The maximum Gasteiger partial charge on any atom is 0.162 e. The first-order valence-corrected chi connectivity index (χ1v) is 11.8. The number of ether oxygens (including phenoxy) is 1. The Balaban J connectivity index is 0.000000254. The van der Waals surface area contributed by atoms with Gasteiger partial charge in [-0.25, -0.2) is 4.98 Å². The number of hydrogen-bond donors (Lipinski definition) is 0. The first-order chi connectivity index (χ1) is 15.8. The van der Waals surface area contributed by atoms with Crippen molar-refractivity contribution in [3.8, 4) is 5.75 Å². The number of Topliss-reactive ketones (excluding diaryl/α,β-unsaturated/α-hetero) is 1. The molecule has 0 aliphatic carbocycles. The summed E-state index contributed by atoms with van der Waals surface area (Å²) in [5.74, 6) is 1.09. The van der Waals surface area contributed by atoms with Gasteiger partial charge in [0, 0.05) is 49.4 Å². The van der Waals surface area contributed by atoms with Crippen molar-refractivity contribution in [2.24, 2.45) is 7.05 Å². The van der Waals surface area contributed by atoms with E-state index in [1.807, 2.05) is 48.3 Å². The van der Waals surface area contributed by atoms with Crippen LogP contribution in [-0.4, -0.2) is 38.9 Å². The highest BCUT2D eigenvalue weighted by Crippen LogP contribution is 2.22. The lowest BCUT2D eigenvalue weighted by atomic mass is 10.1. The summed E-state index contributed by atoms with van der Waals surface area (Å²) in [4.78, 5) is 17.7. The zero-order chi connectivity index (χ0) is 24.4. The summed E-state index contributed by atoms with van der Waals surface area (Å²) >= 11 is 0. The predicted octanol–water partition coefficient (Wildman–Crippen LogP) is 6.56. The van der Waals surface area contributed by atoms with Crippen molar-refractivity contribution in [3.63, 3.8) is 0 Å². The van der Waals surface area contributed by atoms with Crippen LogP contribution in [0.5, 0.6) is 5.75 Å². The second-order valence-electron chi connectivity index (χ2n) is 8.50. The molecule has 2 aromatic heterocycles. The molecule has 33 heavy (non-hydrogen) atoms. The van der Waals surface area contributed by atoms with Gasteiger partial charge < -0.3 is 14.2 Å². The van der Waals surface area contributed by atoms with Crippen LogP contribution in [-0.2, 0) is 7.05 Å². The lowest BCUT2D eigenvalue weighted by Gasteiger charge is -2.30. The zero-order valence-corrected chi connectivity index (χ0v) is 21.0. The summed E-state index contributed by atoms with van der Waals surface area (Å²) in [7, 11) is 1.89. The van der Waals surface area contributed by atoms with Crippen molar-refractivity contribution < 1.29 is 9.53 Å². The molecule has 0 N–H and O–H groups in total. The SMILES string of the molecule is C=CN(CCC)C(C)CC(CC)Oc1ccccc1C.CC(=O)c1cn(C)c2ncccc12. The average Bonchev–Trinajstić information content (AvgIpc) is 3.15. The summed E-state index contributed by atoms with van der Waals surface area (Å²) < 4.78 is 8.04. The van der Waals surface area contributed by atoms with Crippen LogP contribution in [0.25, 0.3) is 11.0 Å². The van der Waals surface area contributed by atoms with Gasteiger partial charge in [-0.3, -0.25) is 4.79 Å². The van der Waals surface area contributed by atoms with Crippen LogP contribution in [0.15, 0.2) is 61.6 Å². The second-order valence-corrected chi connectivity index (χ2v) is 8.50. The van der Waals surface area contributed by atoms with Gasteiger partial charge in [-0.05, 0) is 63.6 Å². The molecular weight excluding hydrogens is 410 g/mol. The maximum absolute atomic E-state index is 11.2. The molecule has 0 radical (unpaired) electrons. The van der Waals surface area contributed by atoms with Gasteiger partial charge in [-0.1, -0.05) is 38.6 Å². The summed E-state index contributed by atoms with van der Waals surface area (Å²) in [6.07, 6.45) is 8.95. The highest BCUT2D eigenvalue weighted by atomic mass is 16.5. The van der Waals surface area contributed by atoms with Crippen molar-refractivity contribution in [3.05, 3.63) is 72.7 Å².